The van der Waals surface area contributed by atoms with E-state index in [1.807, 2.05) is 0 Å². The fourth-order valence-electron chi connectivity index (χ4n) is 3.40. The maximum atomic E-state index is 13.0. The van der Waals surface area contributed by atoms with Crippen molar-refractivity contribution in [2.75, 3.05) is 13.1 Å². The van der Waals surface area contributed by atoms with Gasteiger partial charge in [-0.3, -0.25) is 14.5 Å². The van der Waals surface area contributed by atoms with Gasteiger partial charge in [-0.15, -0.1) is 0 Å². The van der Waals surface area contributed by atoms with E-state index in [1.54, 1.807) is 0 Å². The molecule has 25 heavy (non-hydrogen) atoms. The van der Waals surface area contributed by atoms with Crippen LogP contribution in [0.25, 0.3) is 0 Å². The van der Waals surface area contributed by atoms with Gasteiger partial charge in [0.1, 0.15) is 11.4 Å². The number of hydrogen-bond donors (Lipinski definition) is 2. The zero-order chi connectivity index (χ0) is 18.0. The van der Waals surface area contributed by atoms with Gasteiger partial charge in [0.2, 0.25) is 0 Å². The van der Waals surface area contributed by atoms with Gasteiger partial charge in [-0.25, -0.2) is 9.18 Å². The van der Waals surface area contributed by atoms with Crippen molar-refractivity contribution in [3.8, 4) is 0 Å². The van der Waals surface area contributed by atoms with Crippen LogP contribution in [0.15, 0.2) is 18.2 Å². The number of hydrogen-bond acceptors (Lipinski definition) is 3. The zero-order valence-electron chi connectivity index (χ0n) is 13.6. The number of urea groups is 1. The fourth-order valence-corrected chi connectivity index (χ4v) is 3.66. The Morgan fingerprint density at radius 3 is 2.72 bits per heavy atom. The minimum atomic E-state index is -0.706. The topological polar surface area (TPSA) is 78.5 Å². The molecule has 8 heteroatoms. The van der Waals surface area contributed by atoms with E-state index >= 15 is 0 Å². The number of rotatable bonds is 5. The van der Waals surface area contributed by atoms with Gasteiger partial charge in [-0.05, 0) is 37.5 Å². The minimum absolute atomic E-state index is 0.0368. The van der Waals surface area contributed by atoms with E-state index in [0.29, 0.717) is 19.3 Å². The lowest BCUT2D eigenvalue weighted by atomic mass is 9.98. The van der Waals surface area contributed by atoms with Crippen molar-refractivity contribution >= 4 is 29.4 Å². The van der Waals surface area contributed by atoms with Crippen LogP contribution in [0.5, 0.6) is 0 Å². The quantitative estimate of drug-likeness (QED) is 0.620. The minimum Gasteiger partial charge on any atom is -0.352 e. The summed E-state index contributed by atoms with van der Waals surface area (Å²) in [6.45, 7) is 0.514. The van der Waals surface area contributed by atoms with Gasteiger partial charge in [-0.2, -0.15) is 0 Å². The summed E-state index contributed by atoms with van der Waals surface area (Å²) in [4.78, 5) is 37.7. The highest BCUT2D eigenvalue weighted by Crippen LogP contribution is 2.34. The second kappa shape index (κ2) is 7.00. The molecule has 2 aliphatic rings. The molecule has 1 heterocycles. The Morgan fingerprint density at radius 2 is 2.04 bits per heavy atom. The van der Waals surface area contributed by atoms with Crippen LogP contribution in [0.4, 0.5) is 9.18 Å². The molecule has 1 spiro atoms. The van der Waals surface area contributed by atoms with E-state index in [9.17, 15) is 18.8 Å². The highest BCUT2D eigenvalue weighted by Gasteiger charge is 2.51. The number of halogens is 2. The molecule has 1 saturated carbocycles. The van der Waals surface area contributed by atoms with Crippen molar-refractivity contribution in [3.05, 3.63) is 34.6 Å². The molecule has 1 aromatic rings. The Bertz CT molecular complexity index is 719. The van der Waals surface area contributed by atoms with Crippen LogP contribution < -0.4 is 10.6 Å². The molecule has 4 amide bonds. The number of nitrogens with zero attached hydrogens (tertiary/aromatic N) is 1. The maximum absolute atomic E-state index is 13.0. The molecule has 0 bridgehead atoms. The Hall–Kier alpha value is -2.15. The lowest BCUT2D eigenvalue weighted by Gasteiger charge is -2.20. The Balaban J connectivity index is 1.49. The molecule has 2 fully saturated rings. The van der Waals surface area contributed by atoms with Gasteiger partial charge in [0.05, 0.1) is 10.6 Å². The van der Waals surface area contributed by atoms with Crippen LogP contribution in [0.2, 0.25) is 5.02 Å². The van der Waals surface area contributed by atoms with Gasteiger partial charge in [-0.1, -0.05) is 24.4 Å². The van der Waals surface area contributed by atoms with Gasteiger partial charge in [0, 0.05) is 13.1 Å². The molecule has 1 aromatic carbocycles. The number of nitrogens with one attached hydrogen (secondary N) is 2. The van der Waals surface area contributed by atoms with E-state index in [1.165, 1.54) is 11.0 Å². The molecule has 1 saturated heterocycles. The summed E-state index contributed by atoms with van der Waals surface area (Å²) in [5, 5.41) is 5.51. The average molecular weight is 368 g/mol. The van der Waals surface area contributed by atoms with Crippen LogP contribution >= 0.6 is 11.6 Å². The van der Waals surface area contributed by atoms with Crippen LogP contribution in [-0.4, -0.2) is 41.4 Å². The van der Waals surface area contributed by atoms with Crippen molar-refractivity contribution in [3.63, 3.8) is 0 Å². The van der Waals surface area contributed by atoms with Crippen molar-refractivity contribution < 1.29 is 18.8 Å². The number of imide groups is 1. The summed E-state index contributed by atoms with van der Waals surface area (Å²) in [5.74, 6) is -1.10. The molecule has 0 aromatic heterocycles. The average Bonchev–Trinajstić information content (AvgIpc) is 3.11. The highest BCUT2D eigenvalue weighted by molar-refractivity contribution is 6.33. The first-order valence-corrected chi connectivity index (χ1v) is 8.68. The van der Waals surface area contributed by atoms with E-state index < -0.39 is 17.3 Å². The molecule has 6 nitrogen and oxygen atoms in total. The van der Waals surface area contributed by atoms with Crippen LogP contribution in [0.3, 0.4) is 0 Å². The lowest BCUT2D eigenvalue weighted by molar-refractivity contribution is -0.131. The molecule has 0 radical (unpaired) electrons. The van der Waals surface area contributed by atoms with Crippen LogP contribution in [0.1, 0.15) is 42.5 Å². The third-order valence-electron chi connectivity index (χ3n) is 4.72. The first-order valence-electron chi connectivity index (χ1n) is 8.30. The third-order valence-corrected chi connectivity index (χ3v) is 5.04. The van der Waals surface area contributed by atoms with Crippen LogP contribution in [0, 0.1) is 5.82 Å². The number of carbonyl (C=O) groups is 3. The van der Waals surface area contributed by atoms with Crippen molar-refractivity contribution in [2.45, 2.75) is 37.6 Å². The third kappa shape index (κ3) is 3.46. The van der Waals surface area contributed by atoms with Gasteiger partial charge >= 0.3 is 6.03 Å². The summed E-state index contributed by atoms with van der Waals surface area (Å²) in [6.07, 6.45) is 3.68. The number of benzene rings is 1. The Morgan fingerprint density at radius 1 is 1.32 bits per heavy atom. The predicted molar refractivity (Wildman–Crippen MR) is 89.8 cm³/mol. The lowest BCUT2D eigenvalue weighted by Crippen LogP contribution is -2.44. The zero-order valence-corrected chi connectivity index (χ0v) is 14.4. The number of carbonyl (C=O) groups excluding carboxylic acids is 3. The van der Waals surface area contributed by atoms with E-state index in [-0.39, 0.29) is 35.6 Å². The second-order valence-corrected chi connectivity index (χ2v) is 6.82. The first kappa shape index (κ1) is 17.7. The summed E-state index contributed by atoms with van der Waals surface area (Å²) in [7, 11) is 0. The largest absolute Gasteiger partial charge is 0.352 e. The molecule has 2 N–H and O–H groups in total. The molecule has 0 unspecified atom stereocenters. The predicted octanol–water partition coefficient (Wildman–Crippen LogP) is 2.46. The van der Waals surface area contributed by atoms with Gasteiger partial charge in [0.25, 0.3) is 11.8 Å². The smallest absolute Gasteiger partial charge is 0.325 e. The second-order valence-electron chi connectivity index (χ2n) is 6.41. The monoisotopic (exact) mass is 367 g/mol. The van der Waals surface area contributed by atoms with Gasteiger partial charge < -0.3 is 10.6 Å². The van der Waals surface area contributed by atoms with Gasteiger partial charge in [0.15, 0.2) is 0 Å². The molecule has 3 rings (SSSR count). The Labute approximate surface area is 149 Å². The number of amides is 4. The molecular weight excluding hydrogens is 349 g/mol. The summed E-state index contributed by atoms with van der Waals surface area (Å²) in [5.41, 5.74) is -0.523. The van der Waals surface area contributed by atoms with Crippen molar-refractivity contribution in [1.29, 1.82) is 0 Å². The normalized spacial score (nSPS) is 18.7. The first-order chi connectivity index (χ1) is 11.9. The molecule has 1 aliphatic carbocycles. The fraction of sp³-hybridized carbons (Fsp3) is 0.471. The van der Waals surface area contributed by atoms with E-state index in [2.05, 4.69) is 10.6 Å². The summed E-state index contributed by atoms with van der Waals surface area (Å²) < 4.78 is 13.0. The highest BCUT2D eigenvalue weighted by atomic mass is 35.5. The standard InChI is InChI=1S/C17H19ClFN3O3/c18-13-10-11(19)4-5-12(13)14(23)20-8-3-9-22-15(24)17(21-16(22)25)6-1-2-7-17/h4-5,10H,1-3,6-9H2,(H,20,23)(H,21,25). The van der Waals surface area contributed by atoms with Crippen molar-refractivity contribution in [2.24, 2.45) is 0 Å². The Kier molecular flexibility index (Phi) is 4.94. The van der Waals surface area contributed by atoms with Crippen molar-refractivity contribution in [1.82, 2.24) is 15.5 Å². The van der Waals surface area contributed by atoms with E-state index in [4.69, 9.17) is 11.6 Å². The maximum Gasteiger partial charge on any atom is 0.325 e. The molecular formula is C17H19ClFN3O3. The molecule has 1 aliphatic heterocycles. The molecule has 134 valence electrons. The summed E-state index contributed by atoms with van der Waals surface area (Å²) >= 11 is 5.84. The summed E-state index contributed by atoms with van der Waals surface area (Å²) in [6, 6.07) is 3.19. The van der Waals surface area contributed by atoms with Crippen LogP contribution in [-0.2, 0) is 4.79 Å². The molecule has 0 atom stereocenters. The van der Waals surface area contributed by atoms with E-state index in [0.717, 1.165) is 25.0 Å². The SMILES string of the molecule is O=C(NCCCN1C(=O)NC2(CCCC2)C1=O)c1ccc(F)cc1Cl.